The molecule has 0 unspecified atom stereocenters. The summed E-state index contributed by atoms with van der Waals surface area (Å²) in [5.41, 5.74) is 2.71. The molecule has 0 saturated carbocycles. The second-order valence-corrected chi connectivity index (χ2v) is 9.38. The molecule has 32 heavy (non-hydrogen) atoms. The van der Waals surface area contributed by atoms with Gasteiger partial charge < -0.3 is 9.47 Å². The Morgan fingerprint density at radius 3 is 2.34 bits per heavy atom. The number of aryl methyl sites for hydroxylation is 1. The third kappa shape index (κ3) is 5.42. The highest BCUT2D eigenvalue weighted by Crippen LogP contribution is 2.18. The van der Waals surface area contributed by atoms with Crippen LogP contribution in [-0.4, -0.2) is 54.8 Å². The van der Waals surface area contributed by atoms with Crippen molar-refractivity contribution in [3.05, 3.63) is 78.1 Å². The summed E-state index contributed by atoms with van der Waals surface area (Å²) in [5, 5.41) is 4.18. The van der Waals surface area contributed by atoms with Crippen molar-refractivity contribution < 1.29 is 22.7 Å². The Balaban J connectivity index is 1.25. The Kier molecular flexibility index (Phi) is 6.99. The molecule has 0 radical (unpaired) electrons. The minimum Gasteiger partial charge on any atom is -0.461 e. The zero-order chi connectivity index (χ0) is 22.4. The van der Waals surface area contributed by atoms with Gasteiger partial charge in [0, 0.05) is 31.9 Å². The van der Waals surface area contributed by atoms with Crippen molar-refractivity contribution in [1.82, 2.24) is 14.1 Å². The van der Waals surface area contributed by atoms with Crippen LogP contribution in [0.3, 0.4) is 0 Å². The van der Waals surface area contributed by atoms with Crippen LogP contribution in [0.4, 0.5) is 0 Å². The largest absolute Gasteiger partial charge is 0.461 e. The van der Waals surface area contributed by atoms with Crippen molar-refractivity contribution in [3.63, 3.8) is 0 Å². The normalized spacial score (nSPS) is 14.9. The molecule has 1 fully saturated rings. The van der Waals surface area contributed by atoms with E-state index in [0.717, 1.165) is 16.8 Å². The molecular formula is C23H25N3O5S. The standard InChI is InChI=1S/C23H25N3O5S/c27-23(31-18-20-2-7-21(8-3-20)26-13-1-12-24-26)11-6-19-4-9-22(10-5-19)32(28,29)25-14-16-30-17-15-25/h1-5,7-10,12-13H,6,11,14-18H2. The Labute approximate surface area is 187 Å². The minimum absolute atomic E-state index is 0.203. The number of ether oxygens (including phenoxy) is 2. The van der Waals surface area contributed by atoms with Gasteiger partial charge >= 0.3 is 5.97 Å². The van der Waals surface area contributed by atoms with Crippen LogP contribution in [0.1, 0.15) is 17.5 Å². The number of rotatable bonds is 8. The Bertz CT molecular complexity index is 1120. The molecule has 2 heterocycles. The predicted octanol–water partition coefficient (Wildman–Crippen LogP) is 2.57. The molecule has 4 rings (SSSR count). The topological polar surface area (TPSA) is 90.7 Å². The molecule has 0 N–H and O–H groups in total. The smallest absolute Gasteiger partial charge is 0.306 e. The predicted molar refractivity (Wildman–Crippen MR) is 118 cm³/mol. The number of carbonyl (C=O) groups excluding carboxylic acids is 1. The highest BCUT2D eigenvalue weighted by atomic mass is 32.2. The molecule has 1 saturated heterocycles. The van der Waals surface area contributed by atoms with Gasteiger partial charge in [0.2, 0.25) is 10.0 Å². The number of nitrogens with zero attached hydrogens (tertiary/aromatic N) is 3. The lowest BCUT2D eigenvalue weighted by molar-refractivity contribution is -0.144. The summed E-state index contributed by atoms with van der Waals surface area (Å²) >= 11 is 0. The van der Waals surface area contributed by atoms with Crippen molar-refractivity contribution in [2.45, 2.75) is 24.3 Å². The number of hydrogen-bond donors (Lipinski definition) is 0. The number of carbonyl (C=O) groups is 1. The molecule has 1 aromatic heterocycles. The summed E-state index contributed by atoms with van der Waals surface area (Å²) in [5.74, 6) is -0.300. The van der Waals surface area contributed by atoms with Crippen LogP contribution >= 0.6 is 0 Å². The van der Waals surface area contributed by atoms with Crippen molar-refractivity contribution in [2.75, 3.05) is 26.3 Å². The molecule has 3 aromatic rings. The van der Waals surface area contributed by atoms with Crippen molar-refractivity contribution in [3.8, 4) is 5.69 Å². The lowest BCUT2D eigenvalue weighted by atomic mass is 10.1. The first kappa shape index (κ1) is 22.2. The lowest BCUT2D eigenvalue weighted by Crippen LogP contribution is -2.40. The molecule has 1 aliphatic heterocycles. The van der Waals surface area contributed by atoms with Crippen LogP contribution in [0.15, 0.2) is 71.9 Å². The van der Waals surface area contributed by atoms with E-state index in [1.807, 2.05) is 36.5 Å². The van der Waals surface area contributed by atoms with Gasteiger partial charge in [-0.05, 0) is 47.9 Å². The third-order valence-electron chi connectivity index (χ3n) is 5.25. The molecule has 0 spiro atoms. The minimum atomic E-state index is -3.51. The van der Waals surface area contributed by atoms with Crippen molar-refractivity contribution in [1.29, 1.82) is 0 Å². The first-order valence-electron chi connectivity index (χ1n) is 10.4. The Hall–Kier alpha value is -3.01. The zero-order valence-corrected chi connectivity index (χ0v) is 18.4. The summed E-state index contributed by atoms with van der Waals surface area (Å²) < 4.78 is 39.1. The average molecular weight is 456 g/mol. The highest BCUT2D eigenvalue weighted by Gasteiger charge is 2.26. The highest BCUT2D eigenvalue weighted by molar-refractivity contribution is 7.89. The van der Waals surface area contributed by atoms with Crippen LogP contribution in [0.2, 0.25) is 0 Å². The summed E-state index contributed by atoms with van der Waals surface area (Å²) in [6.45, 7) is 1.75. The lowest BCUT2D eigenvalue weighted by Gasteiger charge is -2.26. The van der Waals surface area contributed by atoms with Gasteiger partial charge in [0.05, 0.1) is 23.8 Å². The molecule has 0 aliphatic carbocycles. The SMILES string of the molecule is O=C(CCc1ccc(S(=O)(=O)N2CCOCC2)cc1)OCc1ccc(-n2cccn2)cc1. The van der Waals surface area contributed by atoms with E-state index in [2.05, 4.69) is 5.10 Å². The first-order valence-corrected chi connectivity index (χ1v) is 11.9. The summed E-state index contributed by atoms with van der Waals surface area (Å²) in [4.78, 5) is 12.4. The van der Waals surface area contributed by atoms with E-state index in [9.17, 15) is 13.2 Å². The maximum Gasteiger partial charge on any atom is 0.306 e. The average Bonchev–Trinajstić information content (AvgIpc) is 3.38. The van der Waals surface area contributed by atoms with Gasteiger partial charge in [0.15, 0.2) is 0 Å². The summed E-state index contributed by atoms with van der Waals surface area (Å²) in [6.07, 6.45) is 4.28. The van der Waals surface area contributed by atoms with Gasteiger partial charge in [-0.3, -0.25) is 4.79 Å². The number of morpholine rings is 1. The molecule has 1 aliphatic rings. The van der Waals surface area contributed by atoms with Crippen LogP contribution in [-0.2, 0) is 37.3 Å². The van der Waals surface area contributed by atoms with Gasteiger partial charge in [-0.1, -0.05) is 24.3 Å². The number of sulfonamides is 1. The van der Waals surface area contributed by atoms with Crippen molar-refractivity contribution in [2.24, 2.45) is 0 Å². The van der Waals surface area contributed by atoms with Gasteiger partial charge in [-0.2, -0.15) is 9.40 Å². The van der Waals surface area contributed by atoms with Gasteiger partial charge in [0.25, 0.3) is 0 Å². The maximum absolute atomic E-state index is 12.7. The Morgan fingerprint density at radius 1 is 1.00 bits per heavy atom. The maximum atomic E-state index is 12.7. The van der Waals surface area contributed by atoms with Crippen LogP contribution in [0, 0.1) is 0 Å². The third-order valence-corrected chi connectivity index (χ3v) is 7.17. The monoisotopic (exact) mass is 455 g/mol. The molecule has 9 heteroatoms. The molecule has 0 bridgehead atoms. The number of aromatic nitrogens is 2. The molecule has 0 amide bonds. The summed E-state index contributed by atoms with van der Waals surface area (Å²) in [7, 11) is -3.51. The van der Waals surface area contributed by atoms with E-state index in [0.29, 0.717) is 32.7 Å². The van der Waals surface area contributed by atoms with E-state index < -0.39 is 10.0 Å². The fourth-order valence-corrected chi connectivity index (χ4v) is 4.82. The second kappa shape index (κ2) is 10.1. The van der Waals surface area contributed by atoms with E-state index in [1.165, 1.54) is 4.31 Å². The molecule has 8 nitrogen and oxygen atoms in total. The van der Waals surface area contributed by atoms with Crippen LogP contribution in [0.25, 0.3) is 5.69 Å². The van der Waals surface area contributed by atoms with Gasteiger partial charge in [-0.25, -0.2) is 13.1 Å². The first-order chi connectivity index (χ1) is 15.5. The van der Waals surface area contributed by atoms with Crippen LogP contribution < -0.4 is 0 Å². The van der Waals surface area contributed by atoms with Crippen LogP contribution in [0.5, 0.6) is 0 Å². The molecule has 168 valence electrons. The zero-order valence-electron chi connectivity index (χ0n) is 17.6. The number of benzene rings is 2. The number of esters is 1. The van der Waals surface area contributed by atoms with E-state index in [4.69, 9.17) is 9.47 Å². The second-order valence-electron chi connectivity index (χ2n) is 7.44. The van der Waals surface area contributed by atoms with E-state index in [-0.39, 0.29) is 23.9 Å². The van der Waals surface area contributed by atoms with E-state index >= 15 is 0 Å². The molecular weight excluding hydrogens is 430 g/mol. The fourth-order valence-electron chi connectivity index (χ4n) is 3.41. The quantitative estimate of drug-likeness (QED) is 0.485. The molecule has 0 atom stereocenters. The molecule has 2 aromatic carbocycles. The van der Waals surface area contributed by atoms with E-state index in [1.54, 1.807) is 35.1 Å². The fraction of sp³-hybridized carbons (Fsp3) is 0.304. The van der Waals surface area contributed by atoms with Gasteiger partial charge in [-0.15, -0.1) is 0 Å². The summed E-state index contributed by atoms with van der Waals surface area (Å²) in [6, 6.07) is 16.2. The Morgan fingerprint density at radius 2 is 1.69 bits per heavy atom. The van der Waals surface area contributed by atoms with Gasteiger partial charge in [0.1, 0.15) is 6.61 Å². The van der Waals surface area contributed by atoms with Crippen molar-refractivity contribution >= 4 is 16.0 Å². The number of hydrogen-bond acceptors (Lipinski definition) is 6.